The van der Waals surface area contributed by atoms with Gasteiger partial charge in [0.15, 0.2) is 0 Å². The van der Waals surface area contributed by atoms with Crippen LogP contribution in [0.3, 0.4) is 0 Å². The quantitative estimate of drug-likeness (QED) is 0.175. The molecule has 0 saturated carbocycles. The van der Waals surface area contributed by atoms with Crippen LogP contribution in [-0.2, 0) is 18.7 Å². The standard InChI is InChI=1S/C2H2O4.2Ba.2HO3P/c3-1(4)2(5)6;;;2*1-4(2)3/h(H,3,4)(H,5,6);;;2*(H,1,2,3)/q;2*+2;;/p-2. The monoisotopic (exact) mass is 524 g/mol. The first-order valence-electron chi connectivity index (χ1n) is 2.20. The van der Waals surface area contributed by atoms with Crippen molar-refractivity contribution >= 4 is 126 Å². The molecule has 2 N–H and O–H groups in total. The molecule has 0 rings (SSSR count). The van der Waals surface area contributed by atoms with Gasteiger partial charge in [0, 0.05) is 0 Å². The Morgan fingerprint density at radius 2 is 0.875 bits per heavy atom. The van der Waals surface area contributed by atoms with Crippen molar-refractivity contribution in [3.8, 4) is 0 Å². The molecule has 16 heavy (non-hydrogen) atoms. The number of hydrogen-bond donors (Lipinski definition) is 2. The Balaban J connectivity index is -0.0000000367. The van der Waals surface area contributed by atoms with Gasteiger partial charge in [0.25, 0.3) is 0 Å². The molecule has 0 spiro atoms. The summed E-state index contributed by atoms with van der Waals surface area (Å²) in [5.74, 6) is -4.37. The van der Waals surface area contributed by atoms with Crippen LogP contribution in [0.4, 0.5) is 0 Å². The van der Waals surface area contributed by atoms with Gasteiger partial charge < -0.3 is 29.6 Å². The van der Waals surface area contributed by atoms with Gasteiger partial charge in [0.05, 0.1) is 11.9 Å². The fourth-order valence-electron chi connectivity index (χ4n) is 0. The summed E-state index contributed by atoms with van der Waals surface area (Å²) in [5.41, 5.74) is 0. The number of hydrogen-bond acceptors (Lipinski definition) is 8. The molecule has 0 bridgehead atoms. The van der Waals surface area contributed by atoms with Crippen LogP contribution < -0.4 is 20.0 Å². The van der Waals surface area contributed by atoms with Crippen LogP contribution in [0.15, 0.2) is 0 Å². The van der Waals surface area contributed by atoms with E-state index in [1.807, 2.05) is 0 Å². The van der Waals surface area contributed by atoms with Crippen molar-refractivity contribution in [2.75, 3.05) is 0 Å². The molecule has 0 aliphatic heterocycles. The normalized spacial score (nSPS) is 8.25. The summed E-state index contributed by atoms with van der Waals surface area (Å²) >= 11 is 0. The first kappa shape index (κ1) is 30.9. The van der Waals surface area contributed by atoms with Crippen molar-refractivity contribution in [3.05, 3.63) is 0 Å². The van der Waals surface area contributed by atoms with E-state index in [2.05, 4.69) is 0 Å². The summed E-state index contributed by atoms with van der Waals surface area (Å²) in [6.07, 6.45) is 0. The molecule has 0 amide bonds. The van der Waals surface area contributed by atoms with E-state index in [4.69, 9.17) is 48.5 Å². The van der Waals surface area contributed by atoms with Gasteiger partial charge >= 0.3 is 114 Å². The second-order valence-corrected chi connectivity index (χ2v) is 2.00. The van der Waals surface area contributed by atoms with Gasteiger partial charge in [0.1, 0.15) is 0 Å². The van der Waals surface area contributed by atoms with Crippen LogP contribution in [0.2, 0.25) is 0 Å². The van der Waals surface area contributed by atoms with Gasteiger partial charge in [-0.2, -0.15) is 9.79 Å². The Labute approximate surface area is 171 Å². The van der Waals surface area contributed by atoms with E-state index in [0.29, 0.717) is 0 Å². The average Bonchev–Trinajstić information content (AvgIpc) is 1.83. The molecule has 82 valence electrons. The summed E-state index contributed by atoms with van der Waals surface area (Å²) in [4.78, 5) is 49.1. The van der Waals surface area contributed by atoms with E-state index in [1.165, 1.54) is 0 Å². The third kappa shape index (κ3) is 98.4. The van der Waals surface area contributed by atoms with Gasteiger partial charge in [-0.05, 0) is 9.13 Å². The number of rotatable bonds is 0. The second-order valence-electron chi connectivity index (χ2n) is 1.05. The zero-order valence-electron chi connectivity index (χ0n) is 7.47. The first-order chi connectivity index (χ1) is 6.11. The molecule has 0 aromatic rings. The Kier molecular flexibility index (Phi) is 43.0. The van der Waals surface area contributed by atoms with E-state index >= 15 is 0 Å². The fraction of sp³-hybridized carbons (Fsp3) is 0. The summed E-state index contributed by atoms with van der Waals surface area (Å²) in [6, 6.07) is 0. The molecular formula is C2H2Ba2O10P2+2. The van der Waals surface area contributed by atoms with Crippen LogP contribution >= 0.6 is 16.5 Å². The van der Waals surface area contributed by atoms with Crippen molar-refractivity contribution in [2.24, 2.45) is 0 Å². The van der Waals surface area contributed by atoms with Crippen LogP contribution in [0, 0.1) is 0 Å². The molecule has 0 fully saturated rings. The molecule has 2 atom stereocenters. The topological polar surface area (TPSA) is 201 Å². The molecule has 14 heteroatoms. The third-order valence-electron chi connectivity index (χ3n) is 0.167. The van der Waals surface area contributed by atoms with E-state index in [0.717, 1.165) is 0 Å². The van der Waals surface area contributed by atoms with E-state index in [-0.39, 0.29) is 97.8 Å². The smallest absolute Gasteiger partial charge is 0.567 e. The van der Waals surface area contributed by atoms with Crippen LogP contribution in [0.25, 0.3) is 0 Å². The van der Waals surface area contributed by atoms with E-state index < -0.39 is 28.4 Å². The van der Waals surface area contributed by atoms with Crippen LogP contribution in [0.1, 0.15) is 0 Å². The zero-order valence-corrected chi connectivity index (χ0v) is 18.1. The maximum Gasteiger partial charge on any atom is 2.00 e. The summed E-state index contributed by atoms with van der Waals surface area (Å²) < 4.78 is 17.2. The van der Waals surface area contributed by atoms with Gasteiger partial charge in [0.2, 0.25) is 0 Å². The molecule has 0 radical (unpaired) electrons. The zero-order chi connectivity index (χ0) is 12.3. The van der Waals surface area contributed by atoms with E-state index in [1.54, 1.807) is 0 Å². The molecule has 0 aromatic heterocycles. The van der Waals surface area contributed by atoms with Gasteiger partial charge in [-0.3, -0.25) is 0 Å². The number of carboxylic acids is 2. The minimum atomic E-state index is -3.12. The number of carbonyl (C=O) groups is 2. The van der Waals surface area contributed by atoms with Crippen molar-refractivity contribution < 1.29 is 48.5 Å². The van der Waals surface area contributed by atoms with Crippen molar-refractivity contribution in [3.63, 3.8) is 0 Å². The van der Waals surface area contributed by atoms with Gasteiger partial charge in [-0.15, -0.1) is 0 Å². The maximum atomic E-state index is 8.93. The van der Waals surface area contributed by atoms with Crippen molar-refractivity contribution in [1.82, 2.24) is 0 Å². The Hall–Kier alpha value is 2.12. The molecular weight excluding hydrogens is 521 g/mol. The Bertz CT molecular complexity index is 197. The summed E-state index contributed by atoms with van der Waals surface area (Å²) in [6.45, 7) is 0. The average molecular weight is 523 g/mol. The fourth-order valence-corrected chi connectivity index (χ4v) is 0. The predicted octanol–water partition coefficient (Wildman–Crippen LogP) is -6.28. The summed E-state index contributed by atoms with van der Waals surface area (Å²) in [7, 11) is -6.24. The molecule has 0 aliphatic rings. The second kappa shape index (κ2) is 22.3. The molecule has 2 unspecified atom stereocenters. The number of carbonyl (C=O) groups excluding carboxylic acids is 2. The first-order valence-corrected chi connectivity index (χ1v) is 4.46. The number of aliphatic carboxylic acids is 2. The summed E-state index contributed by atoms with van der Waals surface area (Å²) in [5, 5.41) is 17.9. The minimum absolute atomic E-state index is 0. The van der Waals surface area contributed by atoms with Crippen molar-refractivity contribution in [2.45, 2.75) is 0 Å². The minimum Gasteiger partial charge on any atom is -0.567 e. The molecule has 0 saturated heterocycles. The van der Waals surface area contributed by atoms with Crippen LogP contribution in [0.5, 0.6) is 0 Å². The van der Waals surface area contributed by atoms with E-state index in [9.17, 15) is 0 Å². The van der Waals surface area contributed by atoms with Crippen LogP contribution in [-0.4, -0.2) is 119 Å². The molecule has 0 aromatic carbocycles. The third-order valence-corrected chi connectivity index (χ3v) is 0.167. The Morgan fingerprint density at radius 1 is 0.812 bits per heavy atom. The molecule has 10 nitrogen and oxygen atoms in total. The van der Waals surface area contributed by atoms with Gasteiger partial charge in [-0.25, -0.2) is 0 Å². The SMILES string of the molecule is O=C([O-])C(=O)[O-].O=[P+]([O-])O.O=[P+]([O-])O.[Ba+2].[Ba+2]. The largest absolute Gasteiger partial charge is 2.00 e. The van der Waals surface area contributed by atoms with Gasteiger partial charge in [-0.1, -0.05) is 0 Å². The van der Waals surface area contributed by atoms with Crippen molar-refractivity contribution in [1.29, 1.82) is 0 Å². The number of carboxylic acid groups (broad SMARTS) is 2. The Morgan fingerprint density at radius 3 is 0.875 bits per heavy atom. The molecule has 0 aliphatic carbocycles. The predicted molar refractivity (Wildman–Crippen MR) is 41.2 cm³/mol. The maximum absolute atomic E-state index is 8.93. The molecule has 0 heterocycles.